The van der Waals surface area contributed by atoms with Crippen molar-refractivity contribution in [3.63, 3.8) is 0 Å². The predicted octanol–water partition coefficient (Wildman–Crippen LogP) is 1.67. The quantitative estimate of drug-likeness (QED) is 0.845. The number of nitrogens with zero attached hydrogens (tertiary/aromatic N) is 3. The zero-order valence-corrected chi connectivity index (χ0v) is 9.59. The normalized spacial score (nSPS) is 12.6. The Bertz CT molecular complexity index is 435. The molecule has 0 bridgehead atoms. The third-order valence-corrected chi connectivity index (χ3v) is 2.54. The molecule has 0 spiro atoms. The molecule has 84 valence electrons. The summed E-state index contributed by atoms with van der Waals surface area (Å²) >= 11 is 0. The topological polar surface area (TPSA) is 42.7 Å². The summed E-state index contributed by atoms with van der Waals surface area (Å²) in [7, 11) is 1.87. The summed E-state index contributed by atoms with van der Waals surface area (Å²) < 4.78 is 1.71. The highest BCUT2D eigenvalue weighted by Gasteiger charge is 2.05. The van der Waals surface area contributed by atoms with Crippen molar-refractivity contribution in [2.24, 2.45) is 7.05 Å². The Hall–Kier alpha value is -1.68. The van der Waals surface area contributed by atoms with Gasteiger partial charge in [-0.15, -0.1) is 5.10 Å². The minimum Gasteiger partial charge on any atom is -0.304 e. The summed E-state index contributed by atoms with van der Waals surface area (Å²) in [5.41, 5.74) is 2.25. The van der Waals surface area contributed by atoms with Gasteiger partial charge in [0.25, 0.3) is 0 Å². The van der Waals surface area contributed by atoms with Crippen molar-refractivity contribution >= 4 is 0 Å². The van der Waals surface area contributed by atoms with E-state index in [0.717, 1.165) is 12.2 Å². The standard InChI is InChI=1S/C12H16N4/c1-10(11-6-4-3-5-7-11)13-8-12-9-16(2)15-14-12/h3-7,9-10,13H,8H2,1-2H3/t10-/m1/s1. The van der Waals surface area contributed by atoms with Crippen molar-refractivity contribution < 1.29 is 0 Å². The van der Waals surface area contributed by atoms with Gasteiger partial charge in [-0.3, -0.25) is 4.68 Å². The molecule has 1 heterocycles. The van der Waals surface area contributed by atoms with E-state index in [1.54, 1.807) is 4.68 Å². The van der Waals surface area contributed by atoms with E-state index in [2.05, 4.69) is 46.8 Å². The predicted molar refractivity (Wildman–Crippen MR) is 62.7 cm³/mol. The van der Waals surface area contributed by atoms with Gasteiger partial charge in [-0.05, 0) is 12.5 Å². The first-order chi connectivity index (χ1) is 7.75. The van der Waals surface area contributed by atoms with Crippen LogP contribution < -0.4 is 5.32 Å². The lowest BCUT2D eigenvalue weighted by Crippen LogP contribution is -2.18. The maximum atomic E-state index is 4.03. The van der Waals surface area contributed by atoms with Crippen LogP contribution in [0, 0.1) is 0 Å². The average molecular weight is 216 g/mol. The summed E-state index contributed by atoms with van der Waals surface area (Å²) in [6, 6.07) is 10.7. The molecule has 0 aliphatic rings. The fourth-order valence-electron chi connectivity index (χ4n) is 1.59. The van der Waals surface area contributed by atoms with E-state index in [1.165, 1.54) is 5.56 Å². The minimum absolute atomic E-state index is 0.322. The van der Waals surface area contributed by atoms with E-state index in [-0.39, 0.29) is 0 Å². The van der Waals surface area contributed by atoms with E-state index in [0.29, 0.717) is 6.04 Å². The molecule has 2 aromatic rings. The number of benzene rings is 1. The molecular weight excluding hydrogens is 200 g/mol. The summed E-state index contributed by atoms with van der Waals surface area (Å²) in [5.74, 6) is 0. The number of aryl methyl sites for hydroxylation is 1. The molecular formula is C12H16N4. The molecule has 1 atom stereocenters. The molecule has 0 unspecified atom stereocenters. The van der Waals surface area contributed by atoms with Crippen molar-refractivity contribution in [3.05, 3.63) is 47.8 Å². The molecule has 1 N–H and O–H groups in total. The summed E-state index contributed by atoms with van der Waals surface area (Å²) in [5, 5.41) is 11.3. The summed E-state index contributed by atoms with van der Waals surface area (Å²) in [6.07, 6.45) is 1.92. The number of rotatable bonds is 4. The molecule has 1 aromatic heterocycles. The Morgan fingerprint density at radius 3 is 2.69 bits per heavy atom. The van der Waals surface area contributed by atoms with Gasteiger partial charge in [0.15, 0.2) is 0 Å². The van der Waals surface area contributed by atoms with Crippen LogP contribution in [0.4, 0.5) is 0 Å². The van der Waals surface area contributed by atoms with Crippen LogP contribution in [0.3, 0.4) is 0 Å². The van der Waals surface area contributed by atoms with E-state index in [4.69, 9.17) is 0 Å². The lowest BCUT2D eigenvalue weighted by atomic mass is 10.1. The average Bonchev–Trinajstić information content (AvgIpc) is 2.73. The van der Waals surface area contributed by atoms with Crippen LogP contribution in [0.1, 0.15) is 24.2 Å². The van der Waals surface area contributed by atoms with Gasteiger partial charge >= 0.3 is 0 Å². The number of hydrogen-bond donors (Lipinski definition) is 1. The van der Waals surface area contributed by atoms with Crippen LogP contribution in [0.2, 0.25) is 0 Å². The van der Waals surface area contributed by atoms with Crippen molar-refractivity contribution in [1.29, 1.82) is 0 Å². The Morgan fingerprint density at radius 2 is 2.06 bits per heavy atom. The van der Waals surface area contributed by atoms with Gasteiger partial charge in [-0.1, -0.05) is 35.5 Å². The van der Waals surface area contributed by atoms with Crippen molar-refractivity contribution in [2.45, 2.75) is 19.5 Å². The van der Waals surface area contributed by atoms with Gasteiger partial charge in [-0.25, -0.2) is 0 Å². The molecule has 4 nitrogen and oxygen atoms in total. The fourth-order valence-corrected chi connectivity index (χ4v) is 1.59. The Kier molecular flexibility index (Phi) is 3.31. The second kappa shape index (κ2) is 4.90. The SMILES string of the molecule is C[C@@H](NCc1cn(C)nn1)c1ccccc1. The molecule has 1 aromatic carbocycles. The molecule has 0 saturated carbocycles. The Balaban J connectivity index is 1.91. The first kappa shape index (κ1) is 10.8. The third kappa shape index (κ3) is 2.67. The molecule has 0 fully saturated rings. The van der Waals surface area contributed by atoms with E-state index < -0.39 is 0 Å². The lowest BCUT2D eigenvalue weighted by molar-refractivity contribution is 0.567. The van der Waals surface area contributed by atoms with Gasteiger partial charge in [0.2, 0.25) is 0 Å². The zero-order chi connectivity index (χ0) is 11.4. The van der Waals surface area contributed by atoms with Gasteiger partial charge in [0.1, 0.15) is 0 Å². The largest absolute Gasteiger partial charge is 0.304 e. The van der Waals surface area contributed by atoms with E-state index in [1.807, 2.05) is 19.3 Å². The first-order valence-electron chi connectivity index (χ1n) is 5.39. The molecule has 0 radical (unpaired) electrons. The highest BCUT2D eigenvalue weighted by Crippen LogP contribution is 2.11. The number of hydrogen-bond acceptors (Lipinski definition) is 3. The Morgan fingerprint density at radius 1 is 1.31 bits per heavy atom. The van der Waals surface area contributed by atoms with Crippen LogP contribution >= 0.6 is 0 Å². The maximum Gasteiger partial charge on any atom is 0.0964 e. The highest BCUT2D eigenvalue weighted by atomic mass is 15.4. The van der Waals surface area contributed by atoms with Crippen LogP contribution in [0.15, 0.2) is 36.5 Å². The summed E-state index contributed by atoms with van der Waals surface area (Å²) in [6.45, 7) is 2.88. The number of nitrogens with one attached hydrogen (secondary N) is 1. The summed E-state index contributed by atoms with van der Waals surface area (Å²) in [4.78, 5) is 0. The van der Waals surface area contributed by atoms with Crippen LogP contribution in [-0.2, 0) is 13.6 Å². The van der Waals surface area contributed by atoms with Gasteiger partial charge in [0, 0.05) is 25.8 Å². The molecule has 0 saturated heterocycles. The van der Waals surface area contributed by atoms with Crippen LogP contribution in [0.25, 0.3) is 0 Å². The smallest absolute Gasteiger partial charge is 0.0964 e. The molecule has 4 heteroatoms. The van der Waals surface area contributed by atoms with Gasteiger partial charge in [0.05, 0.1) is 5.69 Å². The van der Waals surface area contributed by atoms with E-state index in [9.17, 15) is 0 Å². The van der Waals surface area contributed by atoms with Crippen molar-refractivity contribution in [1.82, 2.24) is 20.3 Å². The van der Waals surface area contributed by atoms with Crippen LogP contribution in [-0.4, -0.2) is 15.0 Å². The third-order valence-electron chi connectivity index (χ3n) is 2.54. The number of aromatic nitrogens is 3. The maximum absolute atomic E-state index is 4.03. The van der Waals surface area contributed by atoms with Gasteiger partial charge < -0.3 is 5.32 Å². The first-order valence-corrected chi connectivity index (χ1v) is 5.39. The second-order valence-corrected chi connectivity index (χ2v) is 3.90. The fraction of sp³-hybridized carbons (Fsp3) is 0.333. The second-order valence-electron chi connectivity index (χ2n) is 3.90. The monoisotopic (exact) mass is 216 g/mol. The van der Waals surface area contributed by atoms with E-state index >= 15 is 0 Å². The molecule has 0 aliphatic heterocycles. The molecule has 0 aliphatic carbocycles. The minimum atomic E-state index is 0.322. The zero-order valence-electron chi connectivity index (χ0n) is 9.59. The highest BCUT2D eigenvalue weighted by molar-refractivity contribution is 5.18. The van der Waals surface area contributed by atoms with Gasteiger partial charge in [-0.2, -0.15) is 0 Å². The molecule has 16 heavy (non-hydrogen) atoms. The van der Waals surface area contributed by atoms with Crippen molar-refractivity contribution in [3.8, 4) is 0 Å². The molecule has 2 rings (SSSR count). The van der Waals surface area contributed by atoms with Crippen molar-refractivity contribution in [2.75, 3.05) is 0 Å². The molecule has 0 amide bonds. The lowest BCUT2D eigenvalue weighted by Gasteiger charge is -2.12. The van der Waals surface area contributed by atoms with Crippen LogP contribution in [0.5, 0.6) is 0 Å². The Labute approximate surface area is 95.3 Å².